The number of hydrogen-bond donors (Lipinski definition) is 2. The lowest BCUT2D eigenvalue weighted by atomic mass is 9.98. The molecule has 1 unspecified atom stereocenters. The van der Waals surface area contributed by atoms with Crippen LogP contribution in [0.25, 0.3) is 0 Å². The number of H-pyrrole nitrogens is 1. The maximum atomic E-state index is 14.4. The van der Waals surface area contributed by atoms with Crippen LogP contribution in [0.4, 0.5) is 19.3 Å². The van der Waals surface area contributed by atoms with Crippen molar-refractivity contribution in [1.29, 1.82) is 0 Å². The molecular formula is C17H15F2N5O. The van der Waals surface area contributed by atoms with Crippen molar-refractivity contribution in [2.75, 3.05) is 12.4 Å². The monoisotopic (exact) mass is 343 g/mol. The molecule has 0 saturated carbocycles. The molecule has 0 fully saturated rings. The number of pyridine rings is 1. The molecule has 0 aliphatic heterocycles. The van der Waals surface area contributed by atoms with Gasteiger partial charge in [0.05, 0.1) is 17.9 Å². The molecule has 0 spiro atoms. The fourth-order valence-electron chi connectivity index (χ4n) is 2.52. The summed E-state index contributed by atoms with van der Waals surface area (Å²) in [7, 11) is 1.52. The molecule has 2 heterocycles. The smallest absolute Gasteiger partial charge is 0.316 e. The van der Waals surface area contributed by atoms with Gasteiger partial charge in [0, 0.05) is 37.3 Å². The normalized spacial score (nSPS) is 11.8. The summed E-state index contributed by atoms with van der Waals surface area (Å²) in [5.74, 6) is -1.42. The van der Waals surface area contributed by atoms with E-state index in [-0.39, 0.29) is 5.56 Å². The van der Waals surface area contributed by atoms with Gasteiger partial charge in [-0.25, -0.2) is 13.6 Å². The Hall–Kier alpha value is -3.29. The fraction of sp³-hybridized carbons (Fsp3) is 0.118. The zero-order valence-electron chi connectivity index (χ0n) is 13.3. The third-order valence-corrected chi connectivity index (χ3v) is 3.71. The number of aromatic amines is 1. The first-order chi connectivity index (χ1) is 12.1. The lowest BCUT2D eigenvalue weighted by Crippen LogP contribution is -2.35. The summed E-state index contributed by atoms with van der Waals surface area (Å²) in [4.78, 5) is 17.9. The molecule has 25 heavy (non-hydrogen) atoms. The van der Waals surface area contributed by atoms with Crippen molar-refractivity contribution < 1.29 is 13.6 Å². The second kappa shape index (κ2) is 7.08. The zero-order chi connectivity index (χ0) is 17.8. The van der Waals surface area contributed by atoms with Crippen molar-refractivity contribution in [3.63, 3.8) is 0 Å². The lowest BCUT2D eigenvalue weighted by molar-refractivity contribution is 0.211. The molecule has 3 rings (SSSR count). The van der Waals surface area contributed by atoms with Crippen LogP contribution in [-0.2, 0) is 0 Å². The van der Waals surface area contributed by atoms with Crippen LogP contribution in [-0.4, -0.2) is 33.2 Å². The van der Waals surface area contributed by atoms with Gasteiger partial charge in [-0.2, -0.15) is 5.10 Å². The summed E-state index contributed by atoms with van der Waals surface area (Å²) in [6.45, 7) is 0. The standard InChI is InChI=1S/C17H15F2N5O/c1-24(17(25)23-13-9-21-22-10-13)16(11-3-2-6-20-8-11)14-5-4-12(18)7-15(14)19/h2-10,16H,1H3,(H,21,22)(H,23,25). The highest BCUT2D eigenvalue weighted by Gasteiger charge is 2.26. The quantitative estimate of drug-likeness (QED) is 0.763. The number of benzene rings is 1. The summed E-state index contributed by atoms with van der Waals surface area (Å²) in [6.07, 6.45) is 6.08. The van der Waals surface area contributed by atoms with Gasteiger partial charge in [-0.05, 0) is 17.7 Å². The first-order valence-electron chi connectivity index (χ1n) is 7.43. The number of rotatable bonds is 4. The Balaban J connectivity index is 1.97. The van der Waals surface area contributed by atoms with Gasteiger partial charge in [0.1, 0.15) is 11.6 Å². The molecule has 8 heteroatoms. The summed E-state index contributed by atoms with van der Waals surface area (Å²) in [5, 5.41) is 8.99. The van der Waals surface area contributed by atoms with Crippen molar-refractivity contribution >= 4 is 11.7 Å². The van der Waals surface area contributed by atoms with Crippen LogP contribution in [0, 0.1) is 11.6 Å². The van der Waals surface area contributed by atoms with E-state index in [1.54, 1.807) is 18.3 Å². The Morgan fingerprint density at radius 2 is 2.12 bits per heavy atom. The molecule has 3 aromatic rings. The van der Waals surface area contributed by atoms with E-state index in [9.17, 15) is 13.6 Å². The molecule has 0 aliphatic carbocycles. The van der Waals surface area contributed by atoms with Crippen molar-refractivity contribution in [2.45, 2.75) is 6.04 Å². The number of amides is 2. The van der Waals surface area contributed by atoms with Crippen molar-refractivity contribution in [1.82, 2.24) is 20.1 Å². The minimum Gasteiger partial charge on any atom is -0.316 e. The molecule has 2 aromatic heterocycles. The van der Waals surface area contributed by atoms with E-state index >= 15 is 0 Å². The molecule has 6 nitrogen and oxygen atoms in total. The molecule has 2 amide bonds. The Labute approximate surface area is 142 Å². The van der Waals surface area contributed by atoms with Crippen molar-refractivity contribution in [3.05, 3.63) is 77.9 Å². The molecule has 1 aromatic carbocycles. The number of carbonyl (C=O) groups is 1. The van der Waals surface area contributed by atoms with Gasteiger partial charge in [0.25, 0.3) is 0 Å². The average Bonchev–Trinajstić information content (AvgIpc) is 3.11. The number of halogens is 2. The van der Waals surface area contributed by atoms with Gasteiger partial charge in [-0.3, -0.25) is 10.1 Å². The van der Waals surface area contributed by atoms with Crippen LogP contribution >= 0.6 is 0 Å². The number of aromatic nitrogens is 3. The number of nitrogens with zero attached hydrogens (tertiary/aromatic N) is 3. The number of anilines is 1. The van der Waals surface area contributed by atoms with Crippen LogP contribution in [0.15, 0.2) is 55.1 Å². The van der Waals surface area contributed by atoms with E-state index in [1.807, 2.05) is 0 Å². The van der Waals surface area contributed by atoms with E-state index in [0.29, 0.717) is 11.3 Å². The second-order valence-electron chi connectivity index (χ2n) is 5.38. The summed E-state index contributed by atoms with van der Waals surface area (Å²) >= 11 is 0. The van der Waals surface area contributed by atoms with Crippen LogP contribution in [0.1, 0.15) is 17.2 Å². The van der Waals surface area contributed by atoms with Crippen LogP contribution < -0.4 is 5.32 Å². The summed E-state index contributed by atoms with van der Waals surface area (Å²) in [6, 6.07) is 5.43. The van der Waals surface area contributed by atoms with E-state index < -0.39 is 23.7 Å². The van der Waals surface area contributed by atoms with Gasteiger partial charge < -0.3 is 10.2 Å². The van der Waals surface area contributed by atoms with E-state index in [1.165, 1.54) is 36.6 Å². The molecule has 2 N–H and O–H groups in total. The number of hydrogen-bond acceptors (Lipinski definition) is 3. The lowest BCUT2D eigenvalue weighted by Gasteiger charge is -2.29. The highest BCUT2D eigenvalue weighted by atomic mass is 19.1. The Morgan fingerprint density at radius 3 is 2.76 bits per heavy atom. The SMILES string of the molecule is CN(C(=O)Nc1cn[nH]c1)C(c1cccnc1)c1ccc(F)cc1F. The third kappa shape index (κ3) is 3.63. The molecule has 1 atom stereocenters. The van der Waals surface area contributed by atoms with Gasteiger partial charge in [-0.15, -0.1) is 0 Å². The zero-order valence-corrected chi connectivity index (χ0v) is 13.3. The number of urea groups is 1. The molecule has 0 aliphatic rings. The van der Waals surface area contributed by atoms with Crippen LogP contribution in [0.5, 0.6) is 0 Å². The third-order valence-electron chi connectivity index (χ3n) is 3.71. The maximum absolute atomic E-state index is 14.4. The van der Waals surface area contributed by atoms with Crippen LogP contribution in [0.2, 0.25) is 0 Å². The van der Waals surface area contributed by atoms with Gasteiger partial charge in [0.15, 0.2) is 0 Å². The van der Waals surface area contributed by atoms with E-state index in [2.05, 4.69) is 20.5 Å². The molecule has 128 valence electrons. The predicted molar refractivity (Wildman–Crippen MR) is 87.8 cm³/mol. The first kappa shape index (κ1) is 16.6. The number of carbonyl (C=O) groups excluding carboxylic acids is 1. The highest BCUT2D eigenvalue weighted by molar-refractivity contribution is 5.89. The topological polar surface area (TPSA) is 73.9 Å². The van der Waals surface area contributed by atoms with E-state index in [4.69, 9.17) is 0 Å². The second-order valence-corrected chi connectivity index (χ2v) is 5.38. The Morgan fingerprint density at radius 1 is 1.28 bits per heavy atom. The van der Waals surface area contributed by atoms with Gasteiger partial charge >= 0.3 is 6.03 Å². The Bertz CT molecular complexity index is 855. The van der Waals surface area contributed by atoms with Gasteiger partial charge in [-0.1, -0.05) is 12.1 Å². The number of nitrogens with one attached hydrogen (secondary N) is 2. The van der Waals surface area contributed by atoms with Crippen molar-refractivity contribution in [3.8, 4) is 0 Å². The highest BCUT2D eigenvalue weighted by Crippen LogP contribution is 2.30. The minimum absolute atomic E-state index is 0.166. The van der Waals surface area contributed by atoms with Crippen molar-refractivity contribution in [2.24, 2.45) is 0 Å². The summed E-state index contributed by atoms with van der Waals surface area (Å²) < 4.78 is 27.6. The average molecular weight is 343 g/mol. The first-order valence-corrected chi connectivity index (χ1v) is 7.43. The minimum atomic E-state index is -0.777. The molecule has 0 saturated heterocycles. The molecular weight excluding hydrogens is 328 g/mol. The summed E-state index contributed by atoms with van der Waals surface area (Å²) in [5.41, 5.74) is 1.23. The van der Waals surface area contributed by atoms with E-state index in [0.717, 1.165) is 12.1 Å². The maximum Gasteiger partial charge on any atom is 0.322 e. The van der Waals surface area contributed by atoms with Gasteiger partial charge in [0.2, 0.25) is 0 Å². The fourth-order valence-corrected chi connectivity index (χ4v) is 2.52. The molecule has 0 bridgehead atoms. The molecule has 0 radical (unpaired) electrons. The van der Waals surface area contributed by atoms with Crippen LogP contribution in [0.3, 0.4) is 0 Å². The Kier molecular flexibility index (Phi) is 4.69. The largest absolute Gasteiger partial charge is 0.322 e. The predicted octanol–water partition coefficient (Wildman–Crippen LogP) is 3.34.